The summed E-state index contributed by atoms with van der Waals surface area (Å²) in [4.78, 5) is 23.3. The third-order valence-electron chi connectivity index (χ3n) is 4.92. The van der Waals surface area contributed by atoms with Crippen LogP contribution in [0.4, 0.5) is 0 Å². The molecule has 2 aliphatic heterocycles. The fraction of sp³-hybridized carbons (Fsp3) is 0.900. The second-order valence-electron chi connectivity index (χ2n) is 7.26. The van der Waals surface area contributed by atoms with E-state index in [0.29, 0.717) is 26.1 Å². The molecule has 2 saturated heterocycles. The quantitative estimate of drug-likeness (QED) is 0.365. The number of hydrogen-bond acceptors (Lipinski definition) is 6. The highest BCUT2D eigenvalue weighted by Gasteiger charge is 2.18. The van der Waals surface area contributed by atoms with E-state index in [1.54, 1.807) is 0 Å². The summed E-state index contributed by atoms with van der Waals surface area (Å²) in [6, 6.07) is 0. The Balaban J connectivity index is 1.32. The Morgan fingerprint density at radius 1 is 0.692 bits per heavy atom. The van der Waals surface area contributed by atoms with Crippen LogP contribution in [0.5, 0.6) is 0 Å². The molecule has 0 aromatic carbocycles. The number of rotatable bonds is 13. The summed E-state index contributed by atoms with van der Waals surface area (Å²) in [6.45, 7) is 2.38. The third kappa shape index (κ3) is 9.53. The molecule has 0 amide bonds. The van der Waals surface area contributed by atoms with Crippen molar-refractivity contribution in [2.24, 2.45) is 0 Å². The van der Waals surface area contributed by atoms with Crippen LogP contribution in [0.2, 0.25) is 0 Å². The van der Waals surface area contributed by atoms with Crippen molar-refractivity contribution in [1.29, 1.82) is 0 Å². The Hall–Kier alpha value is -1.14. The lowest BCUT2D eigenvalue weighted by molar-refractivity contribution is -0.147. The highest BCUT2D eigenvalue weighted by Crippen LogP contribution is 2.14. The monoisotopic (exact) mass is 370 g/mol. The molecule has 150 valence electrons. The number of unbranched alkanes of at least 4 members (excludes halogenated alkanes) is 5. The first kappa shape index (κ1) is 21.2. The number of hydrogen-bond donors (Lipinski definition) is 0. The van der Waals surface area contributed by atoms with E-state index in [1.165, 1.54) is 0 Å². The van der Waals surface area contributed by atoms with E-state index in [-0.39, 0.29) is 24.1 Å². The van der Waals surface area contributed by atoms with Gasteiger partial charge in [0.2, 0.25) is 0 Å². The predicted molar refractivity (Wildman–Crippen MR) is 96.8 cm³/mol. The lowest BCUT2D eigenvalue weighted by atomic mass is 10.1. The summed E-state index contributed by atoms with van der Waals surface area (Å²) in [6.07, 6.45) is 11.3. The minimum atomic E-state index is -0.116. The molecule has 0 bridgehead atoms. The van der Waals surface area contributed by atoms with Gasteiger partial charge in [-0.15, -0.1) is 0 Å². The maximum absolute atomic E-state index is 11.6. The molecule has 0 aromatic rings. The first-order chi connectivity index (χ1) is 12.7. The summed E-state index contributed by atoms with van der Waals surface area (Å²) in [5.74, 6) is -0.232. The molecular formula is C20H34O6. The minimum Gasteiger partial charge on any atom is -0.463 e. The molecule has 0 radical (unpaired) electrons. The lowest BCUT2D eigenvalue weighted by Crippen LogP contribution is -2.17. The Morgan fingerprint density at radius 3 is 1.50 bits per heavy atom. The Bertz CT molecular complexity index is 361. The van der Waals surface area contributed by atoms with Gasteiger partial charge in [0.1, 0.15) is 13.2 Å². The predicted octanol–water partition coefficient (Wildman–Crippen LogP) is 3.55. The van der Waals surface area contributed by atoms with Gasteiger partial charge in [0.05, 0.1) is 12.2 Å². The molecule has 0 aromatic heterocycles. The molecule has 0 saturated carbocycles. The van der Waals surface area contributed by atoms with Crippen LogP contribution >= 0.6 is 0 Å². The van der Waals surface area contributed by atoms with Crippen LogP contribution in [-0.4, -0.2) is 50.6 Å². The molecule has 6 nitrogen and oxygen atoms in total. The summed E-state index contributed by atoms with van der Waals surface area (Å²) < 4.78 is 21.3. The lowest BCUT2D eigenvalue weighted by Gasteiger charge is -2.10. The molecule has 26 heavy (non-hydrogen) atoms. The fourth-order valence-electron chi connectivity index (χ4n) is 3.31. The molecule has 2 aliphatic rings. The van der Waals surface area contributed by atoms with Gasteiger partial charge in [-0.25, -0.2) is 0 Å². The largest absolute Gasteiger partial charge is 0.463 e. The van der Waals surface area contributed by atoms with E-state index >= 15 is 0 Å². The molecule has 2 atom stereocenters. The second-order valence-corrected chi connectivity index (χ2v) is 7.26. The summed E-state index contributed by atoms with van der Waals surface area (Å²) >= 11 is 0. The zero-order valence-corrected chi connectivity index (χ0v) is 15.9. The van der Waals surface area contributed by atoms with Crippen LogP contribution in [0.3, 0.4) is 0 Å². The maximum Gasteiger partial charge on any atom is 0.305 e. The molecule has 6 heteroatoms. The van der Waals surface area contributed by atoms with Crippen LogP contribution in [0.15, 0.2) is 0 Å². The normalized spacial score (nSPS) is 22.5. The molecule has 0 N–H and O–H groups in total. The molecule has 0 spiro atoms. The van der Waals surface area contributed by atoms with E-state index in [9.17, 15) is 9.59 Å². The van der Waals surface area contributed by atoms with Crippen molar-refractivity contribution in [2.75, 3.05) is 26.4 Å². The van der Waals surface area contributed by atoms with Gasteiger partial charge in [0, 0.05) is 26.1 Å². The molecule has 2 heterocycles. The van der Waals surface area contributed by atoms with Crippen molar-refractivity contribution in [3.8, 4) is 0 Å². The topological polar surface area (TPSA) is 71.1 Å². The van der Waals surface area contributed by atoms with Crippen molar-refractivity contribution in [3.63, 3.8) is 0 Å². The third-order valence-corrected chi connectivity index (χ3v) is 4.92. The summed E-state index contributed by atoms with van der Waals surface area (Å²) in [7, 11) is 0. The van der Waals surface area contributed by atoms with E-state index in [4.69, 9.17) is 18.9 Å². The van der Waals surface area contributed by atoms with E-state index in [1.807, 2.05) is 0 Å². The van der Waals surface area contributed by atoms with Crippen molar-refractivity contribution in [3.05, 3.63) is 0 Å². The number of carbonyl (C=O) groups excluding carboxylic acids is 2. The van der Waals surface area contributed by atoms with Crippen LogP contribution < -0.4 is 0 Å². The molecule has 2 unspecified atom stereocenters. The van der Waals surface area contributed by atoms with E-state index in [2.05, 4.69) is 0 Å². The first-order valence-corrected chi connectivity index (χ1v) is 10.3. The highest BCUT2D eigenvalue weighted by atomic mass is 16.6. The average Bonchev–Trinajstić information content (AvgIpc) is 3.34. The Kier molecular flexibility index (Phi) is 10.7. The van der Waals surface area contributed by atoms with Crippen molar-refractivity contribution in [1.82, 2.24) is 0 Å². The summed E-state index contributed by atoms with van der Waals surface area (Å²) in [5, 5.41) is 0. The number of esters is 2. The van der Waals surface area contributed by atoms with E-state index in [0.717, 1.165) is 77.4 Å². The van der Waals surface area contributed by atoms with Crippen molar-refractivity contribution in [2.45, 2.75) is 89.3 Å². The van der Waals surface area contributed by atoms with Gasteiger partial charge in [-0.2, -0.15) is 0 Å². The highest BCUT2D eigenvalue weighted by molar-refractivity contribution is 5.69. The van der Waals surface area contributed by atoms with Crippen LogP contribution in [0.25, 0.3) is 0 Å². The maximum atomic E-state index is 11.6. The first-order valence-electron chi connectivity index (χ1n) is 10.3. The smallest absolute Gasteiger partial charge is 0.305 e. The van der Waals surface area contributed by atoms with Crippen LogP contribution in [-0.2, 0) is 28.5 Å². The Morgan fingerprint density at radius 2 is 1.12 bits per heavy atom. The van der Waals surface area contributed by atoms with Crippen molar-refractivity contribution >= 4 is 11.9 Å². The molecular weight excluding hydrogens is 336 g/mol. The second kappa shape index (κ2) is 13.1. The summed E-state index contributed by atoms with van der Waals surface area (Å²) in [5.41, 5.74) is 0. The Labute approximate surface area is 156 Å². The SMILES string of the molecule is O=C(CCCCCCCCC(=O)OCC1CCCO1)OCC1CCCO1. The standard InChI is InChI=1S/C20H34O6/c21-19(25-15-17-9-7-13-23-17)11-5-3-1-2-4-6-12-20(22)26-16-18-10-8-14-24-18/h17-18H,1-16H2. The minimum absolute atomic E-state index is 0.108. The van der Waals surface area contributed by atoms with Gasteiger partial charge in [-0.1, -0.05) is 25.7 Å². The van der Waals surface area contributed by atoms with Gasteiger partial charge in [0.25, 0.3) is 0 Å². The fourth-order valence-corrected chi connectivity index (χ4v) is 3.31. The average molecular weight is 370 g/mol. The van der Waals surface area contributed by atoms with Gasteiger partial charge in [0.15, 0.2) is 0 Å². The van der Waals surface area contributed by atoms with E-state index < -0.39 is 0 Å². The van der Waals surface area contributed by atoms with Crippen LogP contribution in [0.1, 0.15) is 77.0 Å². The van der Waals surface area contributed by atoms with Gasteiger partial charge in [-0.05, 0) is 38.5 Å². The molecule has 0 aliphatic carbocycles. The zero-order chi connectivity index (χ0) is 18.5. The van der Waals surface area contributed by atoms with Gasteiger partial charge >= 0.3 is 11.9 Å². The molecule has 2 rings (SSSR count). The van der Waals surface area contributed by atoms with Gasteiger partial charge in [-0.3, -0.25) is 9.59 Å². The number of carbonyl (C=O) groups is 2. The van der Waals surface area contributed by atoms with Gasteiger partial charge < -0.3 is 18.9 Å². The van der Waals surface area contributed by atoms with Crippen molar-refractivity contribution < 1.29 is 28.5 Å². The van der Waals surface area contributed by atoms with Crippen LogP contribution in [0, 0.1) is 0 Å². The zero-order valence-electron chi connectivity index (χ0n) is 15.9. The number of ether oxygens (including phenoxy) is 4. The molecule has 2 fully saturated rings.